The zero-order valence-electron chi connectivity index (χ0n) is 10.5. The van der Waals surface area contributed by atoms with Crippen LogP contribution in [0.25, 0.3) is 5.57 Å². The van der Waals surface area contributed by atoms with Gasteiger partial charge in [-0.15, -0.1) is 0 Å². The summed E-state index contributed by atoms with van der Waals surface area (Å²) in [5, 5.41) is 3.21. The molecule has 0 fully saturated rings. The average Bonchev–Trinajstić information content (AvgIpc) is 2.43. The Morgan fingerprint density at radius 3 is 2.63 bits per heavy atom. The molecule has 0 unspecified atom stereocenters. The lowest BCUT2D eigenvalue weighted by Crippen LogP contribution is -2.16. The summed E-state index contributed by atoms with van der Waals surface area (Å²) in [5.41, 5.74) is 2.75. The standard InChI is InChI=1S/C16H15BrFN/c1-12(13-5-3-2-4-6-13)10-19-11-14-9-15(17)7-8-16(14)18/h2-9,19H,1,10-11H2. The first kappa shape index (κ1) is 14.0. The Morgan fingerprint density at radius 1 is 1.16 bits per heavy atom. The molecule has 0 radical (unpaired) electrons. The first-order valence-corrected chi connectivity index (χ1v) is 6.84. The van der Waals surface area contributed by atoms with Crippen molar-refractivity contribution in [3.63, 3.8) is 0 Å². The molecule has 2 aromatic carbocycles. The van der Waals surface area contributed by atoms with Crippen molar-refractivity contribution in [2.45, 2.75) is 6.54 Å². The van der Waals surface area contributed by atoms with Gasteiger partial charge in [-0.1, -0.05) is 52.8 Å². The Bertz CT molecular complexity index is 566. The van der Waals surface area contributed by atoms with Crippen LogP contribution in [0.4, 0.5) is 4.39 Å². The third-order valence-corrected chi connectivity index (χ3v) is 3.34. The van der Waals surface area contributed by atoms with Gasteiger partial charge in [0.05, 0.1) is 0 Å². The first-order chi connectivity index (χ1) is 9.16. The maximum atomic E-state index is 13.5. The Balaban J connectivity index is 1.90. The first-order valence-electron chi connectivity index (χ1n) is 6.04. The summed E-state index contributed by atoms with van der Waals surface area (Å²) in [6.07, 6.45) is 0. The molecule has 3 heteroatoms. The lowest BCUT2D eigenvalue weighted by molar-refractivity contribution is 0.597. The summed E-state index contributed by atoms with van der Waals surface area (Å²) >= 11 is 3.34. The monoisotopic (exact) mass is 319 g/mol. The molecule has 1 nitrogen and oxygen atoms in total. The Kier molecular flexibility index (Phi) is 4.88. The van der Waals surface area contributed by atoms with Gasteiger partial charge in [-0.25, -0.2) is 4.39 Å². The quantitative estimate of drug-likeness (QED) is 0.861. The molecule has 0 aromatic heterocycles. The summed E-state index contributed by atoms with van der Waals surface area (Å²) in [6.45, 7) is 5.15. The van der Waals surface area contributed by atoms with Crippen LogP contribution in [0.2, 0.25) is 0 Å². The van der Waals surface area contributed by atoms with E-state index in [4.69, 9.17) is 0 Å². The zero-order valence-corrected chi connectivity index (χ0v) is 12.1. The highest BCUT2D eigenvalue weighted by Crippen LogP contribution is 2.16. The Labute approximate surface area is 121 Å². The highest BCUT2D eigenvalue weighted by Gasteiger charge is 2.03. The molecular formula is C16H15BrFN. The van der Waals surface area contributed by atoms with Crippen molar-refractivity contribution >= 4 is 21.5 Å². The van der Waals surface area contributed by atoms with Crippen LogP contribution in [0.1, 0.15) is 11.1 Å². The zero-order chi connectivity index (χ0) is 13.7. The second-order valence-electron chi connectivity index (χ2n) is 4.31. The van der Waals surface area contributed by atoms with E-state index in [-0.39, 0.29) is 5.82 Å². The average molecular weight is 320 g/mol. The maximum absolute atomic E-state index is 13.5. The van der Waals surface area contributed by atoms with E-state index in [2.05, 4.69) is 27.8 Å². The van der Waals surface area contributed by atoms with Crippen LogP contribution in [0.5, 0.6) is 0 Å². The normalized spacial score (nSPS) is 10.4. The molecule has 0 aliphatic carbocycles. The number of nitrogens with one attached hydrogen (secondary N) is 1. The van der Waals surface area contributed by atoms with E-state index in [0.717, 1.165) is 15.6 Å². The molecule has 0 atom stereocenters. The number of hydrogen-bond acceptors (Lipinski definition) is 1. The summed E-state index contributed by atoms with van der Waals surface area (Å²) in [6, 6.07) is 14.9. The molecule has 19 heavy (non-hydrogen) atoms. The van der Waals surface area contributed by atoms with E-state index in [1.807, 2.05) is 30.3 Å². The van der Waals surface area contributed by atoms with Gasteiger partial charge in [0.25, 0.3) is 0 Å². The minimum absolute atomic E-state index is 0.193. The van der Waals surface area contributed by atoms with Gasteiger partial charge in [-0.05, 0) is 29.3 Å². The largest absolute Gasteiger partial charge is 0.309 e. The second-order valence-corrected chi connectivity index (χ2v) is 5.22. The van der Waals surface area contributed by atoms with Gasteiger partial charge in [0.2, 0.25) is 0 Å². The van der Waals surface area contributed by atoms with Crippen LogP contribution in [0, 0.1) is 5.82 Å². The van der Waals surface area contributed by atoms with Crippen LogP contribution < -0.4 is 5.32 Å². The van der Waals surface area contributed by atoms with E-state index < -0.39 is 0 Å². The number of benzene rings is 2. The predicted molar refractivity (Wildman–Crippen MR) is 81.3 cm³/mol. The van der Waals surface area contributed by atoms with Gasteiger partial charge >= 0.3 is 0 Å². The lowest BCUT2D eigenvalue weighted by atomic mass is 10.1. The summed E-state index contributed by atoms with van der Waals surface area (Å²) in [7, 11) is 0. The van der Waals surface area contributed by atoms with E-state index in [0.29, 0.717) is 18.7 Å². The topological polar surface area (TPSA) is 12.0 Å². The van der Waals surface area contributed by atoms with Gasteiger partial charge < -0.3 is 5.32 Å². The smallest absolute Gasteiger partial charge is 0.127 e. The van der Waals surface area contributed by atoms with Crippen molar-refractivity contribution in [2.75, 3.05) is 6.54 Å². The van der Waals surface area contributed by atoms with E-state index in [9.17, 15) is 4.39 Å². The fourth-order valence-corrected chi connectivity index (χ4v) is 2.21. The highest BCUT2D eigenvalue weighted by molar-refractivity contribution is 9.10. The lowest BCUT2D eigenvalue weighted by Gasteiger charge is -2.09. The number of hydrogen-bond donors (Lipinski definition) is 1. The number of rotatable bonds is 5. The molecule has 0 spiro atoms. The molecule has 0 bridgehead atoms. The van der Waals surface area contributed by atoms with Crippen molar-refractivity contribution in [3.05, 3.63) is 76.5 Å². The molecule has 0 aliphatic rings. The van der Waals surface area contributed by atoms with Crippen LogP contribution in [-0.4, -0.2) is 6.54 Å². The number of halogens is 2. The van der Waals surface area contributed by atoms with Gasteiger partial charge in [0.1, 0.15) is 5.82 Å². The fourth-order valence-electron chi connectivity index (χ4n) is 1.80. The van der Waals surface area contributed by atoms with E-state index in [1.165, 1.54) is 6.07 Å². The van der Waals surface area contributed by atoms with Gasteiger partial charge in [0, 0.05) is 23.1 Å². The molecule has 2 rings (SSSR count). The minimum Gasteiger partial charge on any atom is -0.309 e. The Hall–Kier alpha value is -1.45. The Morgan fingerprint density at radius 2 is 1.89 bits per heavy atom. The van der Waals surface area contributed by atoms with Crippen LogP contribution in [-0.2, 0) is 6.54 Å². The van der Waals surface area contributed by atoms with Crippen molar-refractivity contribution < 1.29 is 4.39 Å². The third-order valence-electron chi connectivity index (χ3n) is 2.84. The molecule has 2 aromatic rings. The van der Waals surface area contributed by atoms with Gasteiger partial charge in [-0.3, -0.25) is 0 Å². The molecule has 0 heterocycles. The molecule has 0 aliphatic heterocycles. The van der Waals surface area contributed by atoms with Crippen molar-refractivity contribution in [1.29, 1.82) is 0 Å². The predicted octanol–water partition coefficient (Wildman–Crippen LogP) is 4.39. The van der Waals surface area contributed by atoms with Crippen molar-refractivity contribution in [2.24, 2.45) is 0 Å². The van der Waals surface area contributed by atoms with Crippen LogP contribution >= 0.6 is 15.9 Å². The molecule has 0 saturated heterocycles. The molecule has 0 amide bonds. The summed E-state index contributed by atoms with van der Waals surface area (Å²) in [4.78, 5) is 0. The molecule has 98 valence electrons. The molecule has 0 saturated carbocycles. The summed E-state index contributed by atoms with van der Waals surface area (Å²) < 4.78 is 14.4. The van der Waals surface area contributed by atoms with Crippen molar-refractivity contribution in [1.82, 2.24) is 5.32 Å². The van der Waals surface area contributed by atoms with Gasteiger partial charge in [-0.2, -0.15) is 0 Å². The fraction of sp³-hybridized carbons (Fsp3) is 0.125. The molecule has 1 N–H and O–H groups in total. The van der Waals surface area contributed by atoms with Gasteiger partial charge in [0.15, 0.2) is 0 Å². The SMILES string of the molecule is C=C(CNCc1cc(Br)ccc1F)c1ccccc1. The maximum Gasteiger partial charge on any atom is 0.127 e. The molecular weight excluding hydrogens is 305 g/mol. The van der Waals surface area contributed by atoms with Crippen LogP contribution in [0.3, 0.4) is 0 Å². The summed E-state index contributed by atoms with van der Waals surface area (Å²) in [5.74, 6) is -0.193. The van der Waals surface area contributed by atoms with Crippen molar-refractivity contribution in [3.8, 4) is 0 Å². The second kappa shape index (κ2) is 6.64. The van der Waals surface area contributed by atoms with Crippen LogP contribution in [0.15, 0.2) is 59.6 Å². The van der Waals surface area contributed by atoms with E-state index in [1.54, 1.807) is 12.1 Å². The highest BCUT2D eigenvalue weighted by atomic mass is 79.9. The minimum atomic E-state index is -0.193. The van der Waals surface area contributed by atoms with E-state index >= 15 is 0 Å². The third kappa shape index (κ3) is 4.01.